The smallest absolute Gasteiger partial charge is 0.259 e. The summed E-state index contributed by atoms with van der Waals surface area (Å²) in [5.74, 6) is -0.0844. The molecule has 1 aromatic carbocycles. The molecule has 2 heterocycles. The van der Waals surface area contributed by atoms with E-state index in [1.54, 1.807) is 43.1 Å². The van der Waals surface area contributed by atoms with Gasteiger partial charge in [0.2, 0.25) is 5.91 Å². The van der Waals surface area contributed by atoms with Crippen LogP contribution in [0.25, 0.3) is 10.9 Å². The first kappa shape index (κ1) is 16.3. The lowest BCUT2D eigenvalue weighted by atomic mass is 10.2. The van der Waals surface area contributed by atoms with Crippen LogP contribution in [-0.4, -0.2) is 38.2 Å². The van der Waals surface area contributed by atoms with Crippen molar-refractivity contribution in [2.24, 2.45) is 0 Å². The third kappa shape index (κ3) is 3.48. The van der Waals surface area contributed by atoms with Gasteiger partial charge in [-0.25, -0.2) is 4.98 Å². The number of nitrogens with zero attached hydrogens (tertiary/aromatic N) is 3. The molecule has 1 atom stereocenters. The van der Waals surface area contributed by atoms with E-state index in [0.717, 1.165) is 0 Å². The number of H-pyrrole nitrogens is 1. The number of rotatable bonds is 5. The average Bonchev–Trinajstić information content (AvgIpc) is 3.07. The highest BCUT2D eigenvalue weighted by Crippen LogP contribution is 2.21. The van der Waals surface area contributed by atoms with Gasteiger partial charge in [0, 0.05) is 13.1 Å². The molecule has 0 bridgehead atoms. The van der Waals surface area contributed by atoms with Gasteiger partial charge in [0.25, 0.3) is 5.56 Å². The van der Waals surface area contributed by atoms with E-state index in [4.69, 9.17) is 4.52 Å². The van der Waals surface area contributed by atoms with Gasteiger partial charge in [-0.1, -0.05) is 29.1 Å². The number of aromatic nitrogens is 3. The fourth-order valence-corrected chi connectivity index (χ4v) is 3.21. The summed E-state index contributed by atoms with van der Waals surface area (Å²) >= 11 is 1.22. The minimum absolute atomic E-state index is 0.0844. The van der Waals surface area contributed by atoms with Crippen molar-refractivity contribution in [2.75, 3.05) is 7.05 Å². The van der Waals surface area contributed by atoms with Gasteiger partial charge in [-0.15, -0.1) is 0 Å². The Morgan fingerprint density at radius 3 is 2.92 bits per heavy atom. The first-order chi connectivity index (χ1) is 11.5. The lowest BCUT2D eigenvalue weighted by Crippen LogP contribution is -2.33. The van der Waals surface area contributed by atoms with E-state index in [1.807, 2.05) is 6.07 Å². The van der Waals surface area contributed by atoms with Crippen LogP contribution in [0.2, 0.25) is 0 Å². The van der Waals surface area contributed by atoms with Gasteiger partial charge in [-0.2, -0.15) is 0 Å². The lowest BCUT2D eigenvalue weighted by Gasteiger charge is -2.19. The summed E-state index contributed by atoms with van der Waals surface area (Å²) in [6.45, 7) is 2.14. The zero-order chi connectivity index (χ0) is 17.1. The van der Waals surface area contributed by atoms with Crippen LogP contribution in [0.1, 0.15) is 12.6 Å². The monoisotopic (exact) mass is 344 g/mol. The molecule has 0 unspecified atom stereocenters. The zero-order valence-electron chi connectivity index (χ0n) is 13.2. The van der Waals surface area contributed by atoms with E-state index in [1.165, 1.54) is 18.0 Å². The van der Waals surface area contributed by atoms with E-state index in [-0.39, 0.29) is 11.5 Å². The van der Waals surface area contributed by atoms with Crippen molar-refractivity contribution in [3.05, 3.63) is 52.6 Å². The molecule has 124 valence electrons. The Morgan fingerprint density at radius 1 is 1.38 bits per heavy atom. The standard InChI is InChI=1S/C16H16N4O3S/c1-10(15(22)20(2)9-11-7-8-23-19-11)24-16-17-13-6-4-3-5-12(13)14(21)18-16/h3-8,10H,9H2,1-2H3,(H,17,18,21)/t10-/m0/s1. The SMILES string of the molecule is C[C@H](Sc1nc2ccccc2c(=O)[nH]1)C(=O)N(C)Cc1ccon1. The largest absolute Gasteiger partial charge is 0.364 e. The minimum Gasteiger partial charge on any atom is -0.364 e. The van der Waals surface area contributed by atoms with Crippen LogP contribution in [0.5, 0.6) is 0 Å². The summed E-state index contributed by atoms with van der Waals surface area (Å²) in [5.41, 5.74) is 1.08. The van der Waals surface area contributed by atoms with Crippen LogP contribution in [0, 0.1) is 0 Å². The zero-order valence-corrected chi connectivity index (χ0v) is 14.0. The molecule has 7 nitrogen and oxygen atoms in total. The highest BCUT2D eigenvalue weighted by molar-refractivity contribution is 8.00. The molecule has 0 saturated heterocycles. The Kier molecular flexibility index (Phi) is 4.66. The van der Waals surface area contributed by atoms with Crippen LogP contribution in [0.3, 0.4) is 0 Å². The highest BCUT2D eigenvalue weighted by atomic mass is 32.2. The van der Waals surface area contributed by atoms with Crippen molar-refractivity contribution in [2.45, 2.75) is 23.9 Å². The molecule has 0 radical (unpaired) electrons. The van der Waals surface area contributed by atoms with Crippen LogP contribution in [-0.2, 0) is 11.3 Å². The average molecular weight is 344 g/mol. The van der Waals surface area contributed by atoms with Crippen LogP contribution in [0.15, 0.2) is 51.1 Å². The molecule has 0 aliphatic carbocycles. The van der Waals surface area contributed by atoms with Crippen molar-refractivity contribution in [1.82, 2.24) is 20.0 Å². The molecule has 2 aromatic heterocycles. The number of amides is 1. The second-order valence-electron chi connectivity index (χ2n) is 5.33. The summed E-state index contributed by atoms with van der Waals surface area (Å²) in [6, 6.07) is 8.82. The number of benzene rings is 1. The molecule has 0 spiro atoms. The fourth-order valence-electron chi connectivity index (χ4n) is 2.29. The van der Waals surface area contributed by atoms with Crippen LogP contribution in [0.4, 0.5) is 0 Å². The van der Waals surface area contributed by atoms with E-state index in [9.17, 15) is 9.59 Å². The van der Waals surface area contributed by atoms with Gasteiger partial charge in [0.05, 0.1) is 22.7 Å². The Morgan fingerprint density at radius 2 is 2.17 bits per heavy atom. The quantitative estimate of drug-likeness (QED) is 0.562. The van der Waals surface area contributed by atoms with Gasteiger partial charge >= 0.3 is 0 Å². The maximum Gasteiger partial charge on any atom is 0.259 e. The van der Waals surface area contributed by atoms with Gasteiger partial charge in [0.15, 0.2) is 5.16 Å². The van der Waals surface area contributed by atoms with E-state index < -0.39 is 5.25 Å². The summed E-state index contributed by atoms with van der Waals surface area (Å²) in [4.78, 5) is 33.2. The second kappa shape index (κ2) is 6.88. The summed E-state index contributed by atoms with van der Waals surface area (Å²) in [5, 5.41) is 4.35. The fraction of sp³-hybridized carbons (Fsp3) is 0.250. The van der Waals surface area contributed by atoms with Gasteiger partial charge < -0.3 is 14.4 Å². The molecule has 0 fully saturated rings. The molecular formula is C16H16N4O3S. The molecular weight excluding hydrogens is 328 g/mol. The van der Waals surface area contributed by atoms with Gasteiger partial charge in [0.1, 0.15) is 12.0 Å². The molecule has 0 aliphatic rings. The highest BCUT2D eigenvalue weighted by Gasteiger charge is 2.21. The maximum absolute atomic E-state index is 12.4. The van der Waals surface area contributed by atoms with E-state index >= 15 is 0 Å². The van der Waals surface area contributed by atoms with Crippen molar-refractivity contribution in [1.29, 1.82) is 0 Å². The molecule has 8 heteroatoms. The number of aromatic amines is 1. The maximum atomic E-state index is 12.4. The Hall–Kier alpha value is -2.61. The van der Waals surface area contributed by atoms with Crippen molar-refractivity contribution in [3.8, 4) is 0 Å². The minimum atomic E-state index is -0.397. The second-order valence-corrected chi connectivity index (χ2v) is 6.66. The van der Waals surface area contributed by atoms with Crippen molar-refractivity contribution in [3.63, 3.8) is 0 Å². The molecule has 24 heavy (non-hydrogen) atoms. The van der Waals surface area contributed by atoms with Crippen LogP contribution < -0.4 is 5.56 Å². The predicted octanol–water partition coefficient (Wildman–Crippen LogP) is 2.05. The first-order valence-electron chi connectivity index (χ1n) is 7.34. The Bertz CT molecular complexity index is 907. The predicted molar refractivity (Wildman–Crippen MR) is 90.7 cm³/mol. The number of nitrogens with one attached hydrogen (secondary N) is 1. The molecule has 0 aliphatic heterocycles. The summed E-state index contributed by atoms with van der Waals surface area (Å²) in [7, 11) is 1.70. The normalized spacial score (nSPS) is 12.2. The molecule has 3 aromatic rings. The summed E-state index contributed by atoms with van der Waals surface area (Å²) in [6.07, 6.45) is 1.47. The molecule has 3 rings (SSSR count). The first-order valence-corrected chi connectivity index (χ1v) is 8.22. The summed E-state index contributed by atoms with van der Waals surface area (Å²) < 4.78 is 4.76. The van der Waals surface area contributed by atoms with E-state index in [2.05, 4.69) is 15.1 Å². The third-order valence-corrected chi connectivity index (χ3v) is 4.47. The Labute approximate surface area is 142 Å². The van der Waals surface area contributed by atoms with Gasteiger partial charge in [-0.3, -0.25) is 9.59 Å². The van der Waals surface area contributed by atoms with Gasteiger partial charge in [-0.05, 0) is 19.1 Å². The number of hydrogen-bond donors (Lipinski definition) is 1. The number of hydrogen-bond acceptors (Lipinski definition) is 6. The molecule has 0 saturated carbocycles. The Balaban J connectivity index is 1.73. The third-order valence-electron chi connectivity index (χ3n) is 3.49. The number of carbonyl (C=O) groups is 1. The number of thioether (sulfide) groups is 1. The van der Waals surface area contributed by atoms with Crippen LogP contribution >= 0.6 is 11.8 Å². The number of para-hydroxylation sites is 1. The van der Waals surface area contributed by atoms with Crippen molar-refractivity contribution < 1.29 is 9.32 Å². The lowest BCUT2D eigenvalue weighted by molar-refractivity contribution is -0.129. The molecule has 1 N–H and O–H groups in total. The topological polar surface area (TPSA) is 92.1 Å². The van der Waals surface area contributed by atoms with E-state index in [0.29, 0.717) is 28.3 Å². The number of carbonyl (C=O) groups excluding carboxylic acids is 1. The van der Waals surface area contributed by atoms with Crippen molar-refractivity contribution >= 4 is 28.6 Å². The molecule has 1 amide bonds. The number of fused-ring (bicyclic) bond motifs is 1.